The van der Waals surface area contributed by atoms with Gasteiger partial charge in [-0.2, -0.15) is 0 Å². The van der Waals surface area contributed by atoms with Crippen LogP contribution in [0.2, 0.25) is 0 Å². The van der Waals surface area contributed by atoms with Crippen LogP contribution in [0.1, 0.15) is 16.7 Å². The van der Waals surface area contributed by atoms with Crippen LogP contribution in [0.15, 0.2) is 97.1 Å². The maximum Gasteiger partial charge on any atom is 0.0957 e. The highest BCUT2D eigenvalue weighted by Gasteiger charge is 2.34. The minimum Gasteiger partial charge on any atom is -0.346 e. The zero-order valence-corrected chi connectivity index (χ0v) is 16.4. The molecule has 1 aliphatic carbocycles. The molecule has 0 amide bonds. The minimum atomic E-state index is 0.399. The maximum absolute atomic E-state index is 2.60. The molecule has 2 aliphatic heterocycles. The first-order chi connectivity index (χ1) is 14.4. The first-order valence-corrected chi connectivity index (χ1v) is 10.5. The van der Waals surface area contributed by atoms with Crippen molar-refractivity contribution in [3.05, 3.63) is 114 Å². The van der Waals surface area contributed by atoms with Crippen LogP contribution in [0.3, 0.4) is 0 Å². The van der Waals surface area contributed by atoms with E-state index in [0.29, 0.717) is 12.0 Å². The summed E-state index contributed by atoms with van der Waals surface area (Å²) in [6, 6.07) is 27.1. The van der Waals surface area contributed by atoms with Gasteiger partial charge in [-0.1, -0.05) is 78.9 Å². The molecule has 0 aromatic heterocycles. The van der Waals surface area contributed by atoms with Gasteiger partial charge in [-0.3, -0.25) is 0 Å². The van der Waals surface area contributed by atoms with Crippen molar-refractivity contribution in [3.63, 3.8) is 0 Å². The van der Waals surface area contributed by atoms with Crippen LogP contribution >= 0.6 is 0 Å². The Morgan fingerprint density at radius 1 is 0.655 bits per heavy atom. The number of anilines is 3. The lowest BCUT2D eigenvalue weighted by atomic mass is 9.83. The quantitative estimate of drug-likeness (QED) is 0.553. The van der Waals surface area contributed by atoms with Crippen molar-refractivity contribution >= 4 is 17.1 Å². The summed E-state index contributed by atoms with van der Waals surface area (Å²) in [5.41, 5.74) is 8.31. The number of para-hydroxylation sites is 3. The highest BCUT2D eigenvalue weighted by Crippen LogP contribution is 2.42. The molecule has 0 fully saturated rings. The van der Waals surface area contributed by atoms with E-state index in [4.69, 9.17) is 0 Å². The molecule has 2 nitrogen and oxygen atoms in total. The zero-order chi connectivity index (χ0) is 19.2. The number of benzene rings is 3. The van der Waals surface area contributed by atoms with E-state index >= 15 is 0 Å². The van der Waals surface area contributed by atoms with Gasteiger partial charge in [-0.05, 0) is 41.3 Å². The summed E-state index contributed by atoms with van der Waals surface area (Å²) in [4.78, 5) is 5.11. The summed E-state index contributed by atoms with van der Waals surface area (Å²) in [7, 11) is 0. The number of fused-ring (bicyclic) bond motifs is 4. The molecule has 29 heavy (non-hydrogen) atoms. The lowest BCUT2D eigenvalue weighted by Gasteiger charge is -2.46. The topological polar surface area (TPSA) is 6.48 Å². The summed E-state index contributed by atoms with van der Waals surface area (Å²) < 4.78 is 0. The molecule has 0 N–H and O–H groups in total. The van der Waals surface area contributed by atoms with E-state index in [1.165, 1.54) is 33.8 Å². The average molecular weight is 377 g/mol. The SMILES string of the molecule is C1=CC2Cc3ccccc3N(CN3c4ccccc4Cc4ccccc43)C2C=C1. The van der Waals surface area contributed by atoms with Gasteiger partial charge >= 0.3 is 0 Å². The third-order valence-corrected chi connectivity index (χ3v) is 6.57. The van der Waals surface area contributed by atoms with Crippen LogP contribution in [-0.2, 0) is 12.8 Å². The summed E-state index contributed by atoms with van der Waals surface area (Å²) in [6.45, 7) is 0.852. The molecule has 142 valence electrons. The van der Waals surface area contributed by atoms with Crippen LogP contribution in [-0.4, -0.2) is 12.7 Å². The largest absolute Gasteiger partial charge is 0.346 e. The number of hydrogen-bond acceptors (Lipinski definition) is 2. The number of rotatable bonds is 2. The van der Waals surface area contributed by atoms with Crippen molar-refractivity contribution in [1.82, 2.24) is 0 Å². The summed E-state index contributed by atoms with van der Waals surface area (Å²) in [6.07, 6.45) is 11.3. The van der Waals surface area contributed by atoms with Crippen molar-refractivity contribution in [1.29, 1.82) is 0 Å². The molecule has 3 aromatic carbocycles. The van der Waals surface area contributed by atoms with Gasteiger partial charge in [-0.15, -0.1) is 0 Å². The van der Waals surface area contributed by atoms with Crippen LogP contribution < -0.4 is 9.80 Å². The molecule has 2 atom stereocenters. The molecule has 2 unspecified atom stereocenters. The molecule has 0 radical (unpaired) electrons. The van der Waals surface area contributed by atoms with E-state index in [9.17, 15) is 0 Å². The molecular weight excluding hydrogens is 352 g/mol. The molecule has 2 heterocycles. The highest BCUT2D eigenvalue weighted by atomic mass is 15.3. The smallest absolute Gasteiger partial charge is 0.0957 e. The fourth-order valence-corrected chi connectivity index (χ4v) is 5.20. The maximum atomic E-state index is 2.60. The van der Waals surface area contributed by atoms with Gasteiger partial charge in [0.2, 0.25) is 0 Å². The Balaban J connectivity index is 1.47. The van der Waals surface area contributed by atoms with E-state index in [1.54, 1.807) is 0 Å². The Hall–Kier alpha value is -3.26. The Bertz CT molecular complexity index is 1080. The Kier molecular flexibility index (Phi) is 3.83. The third kappa shape index (κ3) is 2.71. The van der Waals surface area contributed by atoms with Crippen molar-refractivity contribution in [2.75, 3.05) is 16.5 Å². The van der Waals surface area contributed by atoms with E-state index in [1.807, 2.05) is 0 Å². The molecule has 0 bridgehead atoms. The highest BCUT2D eigenvalue weighted by molar-refractivity contribution is 5.75. The van der Waals surface area contributed by atoms with E-state index < -0.39 is 0 Å². The van der Waals surface area contributed by atoms with Crippen LogP contribution in [0.4, 0.5) is 17.1 Å². The second kappa shape index (κ2) is 6.66. The normalized spacial score (nSPS) is 21.2. The fraction of sp³-hybridized carbons (Fsp3) is 0.185. The van der Waals surface area contributed by atoms with Crippen molar-refractivity contribution in [2.24, 2.45) is 5.92 Å². The average Bonchev–Trinajstić information content (AvgIpc) is 2.78. The van der Waals surface area contributed by atoms with Crippen molar-refractivity contribution in [2.45, 2.75) is 18.9 Å². The Labute approximate surface area is 172 Å². The summed E-state index contributed by atoms with van der Waals surface area (Å²) in [5, 5.41) is 0. The predicted octanol–water partition coefficient (Wildman–Crippen LogP) is 5.86. The van der Waals surface area contributed by atoms with Gasteiger partial charge in [0, 0.05) is 29.4 Å². The lowest BCUT2D eigenvalue weighted by molar-refractivity contribution is 0.498. The first-order valence-electron chi connectivity index (χ1n) is 10.5. The predicted molar refractivity (Wildman–Crippen MR) is 121 cm³/mol. The molecular formula is C27H24N2. The standard InChI is InChI=1S/C27H24N2/c1-5-13-24-20(9-1)17-21-10-2-6-14-25(21)28(24)19-29-26-15-7-3-11-22(26)18-23-12-4-8-16-27(23)29/h1-16,20,24H,17-19H2. The molecule has 2 heteroatoms. The summed E-state index contributed by atoms with van der Waals surface area (Å²) >= 11 is 0. The number of allylic oxidation sites excluding steroid dienone is 2. The van der Waals surface area contributed by atoms with Crippen molar-refractivity contribution in [3.8, 4) is 0 Å². The van der Waals surface area contributed by atoms with E-state index in [2.05, 4.69) is 107 Å². The number of hydrogen-bond donors (Lipinski definition) is 0. The van der Waals surface area contributed by atoms with Crippen LogP contribution in [0.5, 0.6) is 0 Å². The second-order valence-electron chi connectivity index (χ2n) is 8.23. The third-order valence-electron chi connectivity index (χ3n) is 6.57. The van der Waals surface area contributed by atoms with Gasteiger partial charge in [0.1, 0.15) is 0 Å². The van der Waals surface area contributed by atoms with Gasteiger partial charge in [0.05, 0.1) is 12.7 Å². The van der Waals surface area contributed by atoms with Crippen LogP contribution in [0.25, 0.3) is 0 Å². The Morgan fingerprint density at radius 3 is 1.97 bits per heavy atom. The number of nitrogens with zero attached hydrogens (tertiary/aromatic N) is 2. The van der Waals surface area contributed by atoms with E-state index in [-0.39, 0.29) is 0 Å². The minimum absolute atomic E-state index is 0.399. The zero-order valence-electron chi connectivity index (χ0n) is 16.4. The molecule has 3 aromatic rings. The first kappa shape index (κ1) is 16.7. The molecule has 0 saturated heterocycles. The molecule has 6 rings (SSSR count). The second-order valence-corrected chi connectivity index (χ2v) is 8.23. The van der Waals surface area contributed by atoms with E-state index in [0.717, 1.165) is 19.5 Å². The van der Waals surface area contributed by atoms with Gasteiger partial charge in [0.25, 0.3) is 0 Å². The lowest BCUT2D eigenvalue weighted by Crippen LogP contribution is -2.49. The monoisotopic (exact) mass is 376 g/mol. The fourth-order valence-electron chi connectivity index (χ4n) is 5.20. The molecule has 3 aliphatic rings. The molecule has 0 spiro atoms. The van der Waals surface area contributed by atoms with Gasteiger partial charge in [0.15, 0.2) is 0 Å². The van der Waals surface area contributed by atoms with Gasteiger partial charge < -0.3 is 9.80 Å². The van der Waals surface area contributed by atoms with Crippen LogP contribution in [0, 0.1) is 5.92 Å². The molecule has 0 saturated carbocycles. The van der Waals surface area contributed by atoms with Crippen molar-refractivity contribution < 1.29 is 0 Å². The summed E-state index contributed by atoms with van der Waals surface area (Å²) in [5.74, 6) is 0.533. The Morgan fingerprint density at radius 2 is 1.24 bits per heavy atom. The van der Waals surface area contributed by atoms with Gasteiger partial charge in [-0.25, -0.2) is 0 Å².